The fourth-order valence-corrected chi connectivity index (χ4v) is 3.44. The number of carbonyl (C=O) groups excluding carboxylic acids is 1. The standard InChI is InChI=1S/C19H19F3N2O3/c1-2-9-27-19(11-3-5-12(20)6-4-11)16-14(8-7-13(21)17(16)22)24(18(19)26)10-15(23)25/h3-8,18,26H,2,9-10H2,1H3,(H2,23,25)/t18?,19-/m0/s1. The average molecular weight is 380 g/mol. The third-order valence-corrected chi connectivity index (χ3v) is 4.55. The summed E-state index contributed by atoms with van der Waals surface area (Å²) < 4.78 is 48.3. The minimum Gasteiger partial charge on any atom is -0.370 e. The molecule has 2 atom stereocenters. The molecule has 0 spiro atoms. The minimum absolute atomic E-state index is 0.0839. The van der Waals surface area contributed by atoms with E-state index >= 15 is 0 Å². The number of rotatable bonds is 6. The zero-order chi connectivity index (χ0) is 19.8. The lowest BCUT2D eigenvalue weighted by Crippen LogP contribution is -2.50. The van der Waals surface area contributed by atoms with Crippen molar-refractivity contribution in [1.82, 2.24) is 0 Å². The molecule has 3 N–H and O–H groups in total. The second-order valence-corrected chi connectivity index (χ2v) is 6.31. The highest BCUT2D eigenvalue weighted by atomic mass is 19.2. The van der Waals surface area contributed by atoms with Gasteiger partial charge in [-0.15, -0.1) is 0 Å². The second kappa shape index (κ2) is 7.21. The molecule has 1 aliphatic rings. The summed E-state index contributed by atoms with van der Waals surface area (Å²) in [7, 11) is 0. The summed E-state index contributed by atoms with van der Waals surface area (Å²) in [6, 6.07) is 7.07. The Morgan fingerprint density at radius 2 is 1.89 bits per heavy atom. The normalized spacial score (nSPS) is 21.4. The molecule has 1 aliphatic heterocycles. The number of fused-ring (bicyclic) bond motifs is 1. The lowest BCUT2D eigenvalue weighted by molar-refractivity contribution is -0.119. The Hall–Kier alpha value is -2.58. The SMILES string of the molecule is CCCO[C@@]1(c2ccc(F)cc2)c2c(ccc(F)c2F)N(CC(N)=O)C1O. The molecule has 3 rings (SSSR count). The number of aliphatic hydroxyl groups is 1. The van der Waals surface area contributed by atoms with Gasteiger partial charge in [-0.2, -0.15) is 0 Å². The first kappa shape index (κ1) is 19.2. The van der Waals surface area contributed by atoms with Crippen molar-refractivity contribution in [3.05, 3.63) is 65.0 Å². The summed E-state index contributed by atoms with van der Waals surface area (Å²) >= 11 is 0. The Morgan fingerprint density at radius 3 is 2.48 bits per heavy atom. The van der Waals surface area contributed by atoms with Crippen LogP contribution in [0.4, 0.5) is 18.9 Å². The van der Waals surface area contributed by atoms with E-state index in [0.717, 1.165) is 23.1 Å². The van der Waals surface area contributed by atoms with Crippen LogP contribution in [0.1, 0.15) is 24.5 Å². The van der Waals surface area contributed by atoms with E-state index in [4.69, 9.17) is 10.5 Å². The Kier molecular flexibility index (Phi) is 5.12. The summed E-state index contributed by atoms with van der Waals surface area (Å²) in [4.78, 5) is 12.6. The molecule has 0 aromatic heterocycles. The predicted octanol–water partition coefficient (Wildman–Crippen LogP) is 2.40. The highest BCUT2D eigenvalue weighted by Gasteiger charge is 2.55. The van der Waals surface area contributed by atoms with Gasteiger partial charge in [0.05, 0.1) is 12.1 Å². The van der Waals surface area contributed by atoms with E-state index in [1.165, 1.54) is 18.2 Å². The van der Waals surface area contributed by atoms with Crippen LogP contribution < -0.4 is 10.6 Å². The maximum absolute atomic E-state index is 14.9. The van der Waals surface area contributed by atoms with Gasteiger partial charge in [0.15, 0.2) is 23.5 Å². The van der Waals surface area contributed by atoms with Crippen molar-refractivity contribution in [2.24, 2.45) is 5.73 Å². The summed E-state index contributed by atoms with van der Waals surface area (Å²) in [6.07, 6.45) is -1.05. The Morgan fingerprint density at radius 1 is 1.22 bits per heavy atom. The first-order chi connectivity index (χ1) is 12.8. The molecule has 27 heavy (non-hydrogen) atoms. The van der Waals surface area contributed by atoms with E-state index in [0.29, 0.717) is 6.42 Å². The van der Waals surface area contributed by atoms with Crippen LogP contribution in [0.3, 0.4) is 0 Å². The van der Waals surface area contributed by atoms with E-state index in [9.17, 15) is 23.1 Å². The summed E-state index contributed by atoms with van der Waals surface area (Å²) in [5, 5.41) is 11.0. The van der Waals surface area contributed by atoms with Gasteiger partial charge >= 0.3 is 0 Å². The van der Waals surface area contributed by atoms with Crippen molar-refractivity contribution in [2.75, 3.05) is 18.1 Å². The average Bonchev–Trinajstić information content (AvgIpc) is 2.86. The van der Waals surface area contributed by atoms with Gasteiger partial charge in [-0.05, 0) is 36.2 Å². The van der Waals surface area contributed by atoms with Crippen LogP contribution in [0, 0.1) is 17.5 Å². The Labute approximate surface area is 154 Å². The number of amides is 1. The van der Waals surface area contributed by atoms with Gasteiger partial charge in [0, 0.05) is 12.3 Å². The molecule has 0 saturated heterocycles. The highest BCUT2D eigenvalue weighted by molar-refractivity contribution is 5.82. The molecule has 2 aromatic rings. The molecule has 1 amide bonds. The van der Waals surface area contributed by atoms with Crippen LogP contribution in [-0.2, 0) is 15.1 Å². The van der Waals surface area contributed by atoms with E-state index < -0.39 is 41.7 Å². The monoisotopic (exact) mass is 380 g/mol. The molecule has 0 saturated carbocycles. The molecule has 0 aliphatic carbocycles. The van der Waals surface area contributed by atoms with Gasteiger partial charge in [0.25, 0.3) is 0 Å². The third kappa shape index (κ3) is 3.04. The fourth-order valence-electron chi connectivity index (χ4n) is 3.44. The number of aliphatic hydroxyl groups excluding tert-OH is 1. The van der Waals surface area contributed by atoms with Gasteiger partial charge in [-0.25, -0.2) is 13.2 Å². The predicted molar refractivity (Wildman–Crippen MR) is 92.3 cm³/mol. The van der Waals surface area contributed by atoms with E-state index in [1.807, 2.05) is 6.92 Å². The van der Waals surface area contributed by atoms with Gasteiger partial charge in [-0.1, -0.05) is 19.1 Å². The summed E-state index contributed by atoms with van der Waals surface area (Å²) in [6.45, 7) is 1.48. The Bertz CT molecular complexity index is 860. The number of anilines is 1. The number of hydrogen-bond donors (Lipinski definition) is 2. The van der Waals surface area contributed by atoms with Gasteiger partial charge in [0.2, 0.25) is 5.91 Å². The van der Waals surface area contributed by atoms with Gasteiger partial charge in [-0.3, -0.25) is 4.79 Å². The largest absolute Gasteiger partial charge is 0.370 e. The van der Waals surface area contributed by atoms with Gasteiger partial charge in [0.1, 0.15) is 5.82 Å². The molecular weight excluding hydrogens is 361 g/mol. The molecular formula is C19H19F3N2O3. The van der Waals surface area contributed by atoms with Crippen molar-refractivity contribution in [3.63, 3.8) is 0 Å². The quantitative estimate of drug-likeness (QED) is 0.807. The smallest absolute Gasteiger partial charge is 0.237 e. The van der Waals surface area contributed by atoms with Crippen molar-refractivity contribution < 1.29 is 27.8 Å². The molecule has 5 nitrogen and oxygen atoms in total. The molecule has 0 fully saturated rings. The number of nitrogens with zero attached hydrogens (tertiary/aromatic N) is 1. The van der Waals surface area contributed by atoms with Gasteiger partial charge < -0.3 is 20.5 Å². The van der Waals surface area contributed by atoms with Crippen molar-refractivity contribution in [2.45, 2.75) is 25.2 Å². The van der Waals surface area contributed by atoms with Crippen LogP contribution >= 0.6 is 0 Å². The van der Waals surface area contributed by atoms with E-state index in [1.54, 1.807) is 0 Å². The number of nitrogens with two attached hydrogens (primary N) is 1. The van der Waals surface area contributed by atoms with Crippen molar-refractivity contribution in [3.8, 4) is 0 Å². The maximum atomic E-state index is 14.9. The zero-order valence-corrected chi connectivity index (χ0v) is 14.6. The molecule has 144 valence electrons. The fraction of sp³-hybridized carbons (Fsp3) is 0.316. The lowest BCUT2D eigenvalue weighted by atomic mass is 9.85. The number of benzene rings is 2. The molecule has 2 aromatic carbocycles. The van der Waals surface area contributed by atoms with Crippen molar-refractivity contribution in [1.29, 1.82) is 0 Å². The van der Waals surface area contributed by atoms with Crippen LogP contribution in [0.15, 0.2) is 36.4 Å². The highest BCUT2D eigenvalue weighted by Crippen LogP contribution is 2.51. The lowest BCUT2D eigenvalue weighted by Gasteiger charge is -2.36. The first-order valence-electron chi connectivity index (χ1n) is 8.44. The first-order valence-corrected chi connectivity index (χ1v) is 8.44. The van der Waals surface area contributed by atoms with E-state index in [2.05, 4.69) is 0 Å². The molecule has 1 heterocycles. The number of primary amides is 1. The van der Waals surface area contributed by atoms with E-state index in [-0.39, 0.29) is 23.4 Å². The maximum Gasteiger partial charge on any atom is 0.237 e. The van der Waals surface area contributed by atoms with Crippen LogP contribution in [0.5, 0.6) is 0 Å². The Balaban J connectivity index is 2.30. The van der Waals surface area contributed by atoms with Crippen LogP contribution in [0.2, 0.25) is 0 Å². The van der Waals surface area contributed by atoms with Crippen molar-refractivity contribution >= 4 is 11.6 Å². The minimum atomic E-state index is -1.85. The number of carbonyl (C=O) groups is 1. The van der Waals surface area contributed by atoms with Crippen LogP contribution in [-0.4, -0.2) is 30.4 Å². The molecule has 1 unspecified atom stereocenters. The zero-order valence-electron chi connectivity index (χ0n) is 14.6. The number of ether oxygens (including phenoxy) is 1. The number of halogens is 3. The molecule has 0 radical (unpaired) electrons. The summed E-state index contributed by atoms with van der Waals surface area (Å²) in [5.41, 5.74) is 3.47. The summed E-state index contributed by atoms with van der Waals surface area (Å²) in [5.74, 6) is -3.65. The number of hydrogen-bond acceptors (Lipinski definition) is 4. The second-order valence-electron chi connectivity index (χ2n) is 6.31. The third-order valence-electron chi connectivity index (χ3n) is 4.55. The molecule has 8 heteroatoms. The van der Waals surface area contributed by atoms with Crippen LogP contribution in [0.25, 0.3) is 0 Å². The topological polar surface area (TPSA) is 75.8 Å². The molecule has 0 bridgehead atoms.